The van der Waals surface area contributed by atoms with Crippen LogP contribution in [0.25, 0.3) is 110 Å². The molecule has 4 saturated heterocycles. The number of amidine groups is 1. The number of hydrogen-bond acceptors (Lipinski definition) is 21. The Morgan fingerprint density at radius 3 is 1.25 bits per heavy atom. The third kappa shape index (κ3) is 18.2. The first kappa shape index (κ1) is 90.8. The van der Waals surface area contributed by atoms with E-state index in [0.717, 1.165) is 83.4 Å². The molecule has 1 saturated carbocycles. The summed E-state index contributed by atoms with van der Waals surface area (Å²) in [7, 11) is 0. The Kier molecular flexibility index (Phi) is 27.5. The zero-order valence-corrected chi connectivity index (χ0v) is 74.0. The van der Waals surface area contributed by atoms with Gasteiger partial charge in [-0.05, 0) is 131 Å². The molecule has 4 aliphatic heterocycles. The highest BCUT2D eigenvalue weighted by atomic mass is 35.5. The highest BCUT2D eigenvalue weighted by molar-refractivity contribution is 6.36. The average Bonchev–Trinajstić information content (AvgIpc) is 0.750. The van der Waals surface area contributed by atoms with Gasteiger partial charge in [-0.25, -0.2) is 56.2 Å². The first-order valence-corrected chi connectivity index (χ1v) is 44.3. The van der Waals surface area contributed by atoms with Gasteiger partial charge < -0.3 is 65.0 Å². The van der Waals surface area contributed by atoms with E-state index in [1.54, 1.807) is 42.3 Å². The number of aromatic nitrogens is 7. The second-order valence-electron chi connectivity index (χ2n) is 32.4. The number of amides is 2. The lowest BCUT2D eigenvalue weighted by Crippen LogP contribution is -2.52. The summed E-state index contributed by atoms with van der Waals surface area (Å²) in [5, 5.41) is 68.2. The first-order valence-electron chi connectivity index (χ1n) is 42.8. The fourth-order valence-electron chi connectivity index (χ4n) is 17.7. The number of fused-ring (bicyclic) bond motifs is 6. The van der Waals surface area contributed by atoms with E-state index >= 15 is 17.6 Å². The fraction of sp³-hybridized carbons (Fsp3) is 0.292. The summed E-state index contributed by atoms with van der Waals surface area (Å²) in [4.78, 5) is 70.4. The van der Waals surface area contributed by atoms with Crippen molar-refractivity contribution in [3.8, 4) is 67.5 Å². The van der Waals surface area contributed by atoms with Gasteiger partial charge >= 0.3 is 0 Å². The van der Waals surface area contributed by atoms with Crippen LogP contribution in [-0.4, -0.2) is 220 Å². The van der Waals surface area contributed by atoms with Gasteiger partial charge in [0, 0.05) is 179 Å². The molecule has 19 rings (SSSR count). The summed E-state index contributed by atoms with van der Waals surface area (Å²) in [6.07, 6.45) is 11.5. The Morgan fingerprint density at radius 2 is 0.838 bits per heavy atom. The van der Waals surface area contributed by atoms with Gasteiger partial charge in [-0.2, -0.15) is 0 Å². The van der Waals surface area contributed by atoms with E-state index in [-0.39, 0.29) is 94.9 Å². The number of phenolic OH excluding ortho intramolecular Hbond substituents is 4. The number of rotatable bonds is 14. The molecule has 34 heteroatoms. The highest BCUT2D eigenvalue weighted by Gasteiger charge is 2.34. The van der Waals surface area contributed by atoms with E-state index < -0.39 is 52.3 Å². The lowest BCUT2D eigenvalue weighted by Gasteiger charge is -2.43. The number of nitrogens with zero attached hydrogens (tertiary/aromatic N) is 16. The van der Waals surface area contributed by atoms with Gasteiger partial charge in [0.2, 0.25) is 11.8 Å². The van der Waals surface area contributed by atoms with Gasteiger partial charge in [0.15, 0.2) is 23.3 Å². The van der Waals surface area contributed by atoms with Crippen LogP contribution in [0.4, 0.5) is 49.5 Å². The van der Waals surface area contributed by atoms with E-state index in [0.29, 0.717) is 152 Å². The Hall–Kier alpha value is -12.6. The molecule has 0 radical (unpaired) electrons. The van der Waals surface area contributed by atoms with Crippen LogP contribution in [0.2, 0.25) is 20.1 Å². The summed E-state index contributed by atoms with van der Waals surface area (Å²) < 4.78 is 91.6. The topological polar surface area (TPSA) is 284 Å². The third-order valence-electron chi connectivity index (χ3n) is 24.6. The zero-order chi connectivity index (χ0) is 91.5. The summed E-state index contributed by atoms with van der Waals surface area (Å²) in [5.41, 5.74) is 1.77. The number of aromatic hydroxyl groups is 4. The van der Waals surface area contributed by atoms with E-state index in [2.05, 4.69) is 49.8 Å². The highest BCUT2D eigenvalue weighted by Crippen LogP contribution is 2.48. The number of carbonyl (C=O) groups excluding carboxylic acids is 2. The minimum absolute atomic E-state index is 0.0110. The Balaban J connectivity index is 0.000000127. The van der Waals surface area contributed by atoms with Crippen LogP contribution in [0.5, 0.6) is 23.0 Å². The molecule has 24 nitrogen and oxygen atoms in total. The minimum Gasteiger partial charge on any atom is -0.508 e. The molecule has 130 heavy (non-hydrogen) atoms. The second kappa shape index (κ2) is 39.4. The fourth-order valence-corrected chi connectivity index (χ4v) is 18.9. The van der Waals surface area contributed by atoms with Crippen molar-refractivity contribution < 1.29 is 66.7 Å². The summed E-state index contributed by atoms with van der Waals surface area (Å²) in [6.45, 7) is 15.7. The van der Waals surface area contributed by atoms with Gasteiger partial charge in [-0.1, -0.05) is 139 Å². The number of benzene rings is 10. The standard InChI is InChI=1S/C27H25ClFN3O.C25H22ClFN4O2.C22H22ClF2N5O2.C22H21ClF2N4O3/c28-23-16-22-24(32-12-10-31(11-13-32)18-5-3-6-18)8-9-30-27(22)26(29)25(23)21-15-19(33)14-17-4-1-2-7-20(17)21;1-2-21(33)30-7-9-31(10-8-30)25-19-13-20(26)22(23(27)24(19)28-14-29-25)18-12-16(32)11-15-5-3-4-6-17(15)18;1-2-4-17(28-32)29-7-9-30(10-8-29)22-13-11-14(23)18(20(25)21(13)26-12-27-22)19-15(24)5-3-6-16(19)31;1-12(10-30)22(32)29-7-5-28(6-8-29)21-13-9-14(23)17(19(25)20(13)26-11-27-21)18-15(24)3-2-4-16(18)31/h1-2,4,7-9,14-16,18,33H,3,5-6,10-13H2;3-6,11-14,32H,2,7-10H2,1H3;3,5-6,11-12,31-32H,2,4,7-10H2,1H3;2-4,9,11-12,30-31H,5-8,10H2,1H3/b;;28-17+;. The number of anilines is 4. The van der Waals surface area contributed by atoms with E-state index in [4.69, 9.17) is 46.4 Å². The maximum absolute atomic E-state index is 16.0. The van der Waals surface area contributed by atoms with E-state index in [9.17, 15) is 49.1 Å². The maximum atomic E-state index is 16.0. The van der Waals surface area contributed by atoms with Crippen LogP contribution in [-0.2, 0) is 9.59 Å². The Morgan fingerprint density at radius 1 is 0.438 bits per heavy atom. The van der Waals surface area contributed by atoms with Gasteiger partial charge in [0.1, 0.15) is 99.0 Å². The molecule has 672 valence electrons. The lowest BCUT2D eigenvalue weighted by atomic mass is 9.91. The van der Waals surface area contributed by atoms with Crippen molar-refractivity contribution in [2.75, 3.05) is 131 Å². The van der Waals surface area contributed by atoms with Crippen molar-refractivity contribution in [2.24, 2.45) is 11.1 Å². The predicted molar refractivity (Wildman–Crippen MR) is 497 cm³/mol. The molecule has 4 aromatic heterocycles. The number of aliphatic hydroxyl groups is 1. The largest absolute Gasteiger partial charge is 0.508 e. The molecule has 2 amide bonds. The van der Waals surface area contributed by atoms with Crippen molar-refractivity contribution >= 4 is 152 Å². The molecule has 1 unspecified atom stereocenters. The maximum Gasteiger partial charge on any atom is 0.227 e. The van der Waals surface area contributed by atoms with Crippen LogP contribution >= 0.6 is 46.4 Å². The van der Waals surface area contributed by atoms with Crippen LogP contribution in [0.15, 0.2) is 170 Å². The molecule has 0 spiro atoms. The Labute approximate surface area is 763 Å². The molecular weight excluding hydrogens is 1760 g/mol. The number of aliphatic hydroxyl groups excluding tert-OH is 1. The van der Waals surface area contributed by atoms with Crippen molar-refractivity contribution in [3.05, 3.63) is 220 Å². The number of carbonyl (C=O) groups is 2. The SMILES string of the molecule is CC(CO)C(=O)N1CCN(c2ncnc3c(F)c(-c4c(O)cccc4F)c(Cl)cc23)CC1.CCC(=O)N1CCN(c2ncnc3c(F)c(-c4cc(O)cc5ccccc45)c(Cl)cc23)CC1.CCC/C(=N\O)N1CCN(c2ncnc3c(F)c(-c4c(O)cccc4F)c(Cl)cc23)CC1.Oc1cc(-c2c(Cl)cc3c(N4CCN(C5CCC5)CC4)ccnc3c2F)c2ccccc2c1. The van der Waals surface area contributed by atoms with Crippen molar-refractivity contribution in [1.82, 2.24) is 54.5 Å². The van der Waals surface area contributed by atoms with Gasteiger partial charge in [-0.3, -0.25) is 19.5 Å². The number of oxime groups is 1. The summed E-state index contributed by atoms with van der Waals surface area (Å²) in [6, 6.07) is 38.0. The number of hydrogen-bond donors (Lipinski definition) is 6. The van der Waals surface area contributed by atoms with Crippen molar-refractivity contribution in [2.45, 2.75) is 65.3 Å². The number of piperazine rings is 4. The number of phenols is 4. The Bertz CT molecular complexity index is 6660. The van der Waals surface area contributed by atoms with Crippen LogP contribution < -0.4 is 19.6 Å². The smallest absolute Gasteiger partial charge is 0.227 e. The molecule has 0 bridgehead atoms. The molecule has 5 fully saturated rings. The molecule has 1 atom stereocenters. The van der Waals surface area contributed by atoms with Crippen molar-refractivity contribution in [1.29, 1.82) is 0 Å². The summed E-state index contributed by atoms with van der Waals surface area (Å²) >= 11 is 26.1. The lowest BCUT2D eigenvalue weighted by molar-refractivity contribution is -0.136. The molecule has 10 aromatic carbocycles. The third-order valence-corrected chi connectivity index (χ3v) is 25.8. The molecule has 6 N–H and O–H groups in total. The van der Waals surface area contributed by atoms with Crippen LogP contribution in [0.1, 0.15) is 59.3 Å². The normalized spacial score (nSPS) is 15.5. The van der Waals surface area contributed by atoms with Gasteiger partial charge in [0.05, 0.1) is 43.7 Å². The quantitative estimate of drug-likeness (QED) is 0.0194. The zero-order valence-electron chi connectivity index (χ0n) is 70.9. The molecule has 8 heterocycles. The van der Waals surface area contributed by atoms with Crippen LogP contribution in [0.3, 0.4) is 0 Å². The summed E-state index contributed by atoms with van der Waals surface area (Å²) in [5.74, 6) is -3.31. The van der Waals surface area contributed by atoms with Crippen LogP contribution in [0, 0.1) is 40.8 Å². The predicted octanol–water partition coefficient (Wildman–Crippen LogP) is 19.1. The molecule has 5 aliphatic rings. The molecule has 1 aliphatic carbocycles. The molecular formula is C96H90Cl4F6N16O8. The van der Waals surface area contributed by atoms with E-state index in [1.807, 2.05) is 99.0 Å². The van der Waals surface area contributed by atoms with Gasteiger partial charge in [0.25, 0.3) is 0 Å². The monoisotopic (exact) mass is 1850 g/mol. The first-order chi connectivity index (χ1) is 62.9. The number of halogens is 10. The minimum atomic E-state index is -0.859. The molecule has 14 aromatic rings. The number of pyridine rings is 1. The van der Waals surface area contributed by atoms with Crippen molar-refractivity contribution in [3.63, 3.8) is 0 Å². The average molecular weight is 1850 g/mol. The van der Waals surface area contributed by atoms with E-state index in [1.165, 1.54) is 80.7 Å². The second-order valence-corrected chi connectivity index (χ2v) is 34.0. The van der Waals surface area contributed by atoms with Gasteiger partial charge in [-0.15, -0.1) is 0 Å².